The van der Waals surface area contributed by atoms with Crippen molar-refractivity contribution in [1.82, 2.24) is 9.78 Å². The highest BCUT2D eigenvalue weighted by molar-refractivity contribution is 5.78. The minimum atomic E-state index is -0.243. The molecule has 1 aromatic carbocycles. The molecule has 0 atom stereocenters. The van der Waals surface area contributed by atoms with Gasteiger partial charge in [-0.3, -0.25) is 4.68 Å². The molecule has 0 amide bonds. The summed E-state index contributed by atoms with van der Waals surface area (Å²) in [5, 5.41) is 4.95. The van der Waals surface area contributed by atoms with E-state index in [9.17, 15) is 4.39 Å². The smallest absolute Gasteiger partial charge is 0.125 e. The van der Waals surface area contributed by atoms with E-state index in [1.807, 2.05) is 0 Å². The van der Waals surface area contributed by atoms with Crippen LogP contribution in [0.15, 0.2) is 18.2 Å². The molecule has 1 fully saturated rings. The summed E-state index contributed by atoms with van der Waals surface area (Å²) < 4.78 is 19.8. The average Bonchev–Trinajstić information content (AvgIpc) is 2.46. The van der Waals surface area contributed by atoms with E-state index < -0.39 is 0 Å². The summed E-state index contributed by atoms with van der Waals surface area (Å²) in [4.78, 5) is 0. The van der Waals surface area contributed by atoms with Crippen molar-refractivity contribution >= 4 is 10.9 Å². The first kappa shape index (κ1) is 7.94. The summed E-state index contributed by atoms with van der Waals surface area (Å²) in [6, 6.07) is 4.83. The Kier molecular flexibility index (Phi) is 1.58. The molecule has 1 saturated heterocycles. The second-order valence-corrected chi connectivity index (χ2v) is 3.41. The van der Waals surface area contributed by atoms with Crippen molar-refractivity contribution in [2.75, 3.05) is 13.2 Å². The number of nitrogens with zero attached hydrogens (tertiary/aromatic N) is 2. The number of ether oxygens (including phenoxy) is 1. The van der Waals surface area contributed by atoms with E-state index in [-0.39, 0.29) is 11.9 Å². The molecule has 3 rings (SSSR count). The van der Waals surface area contributed by atoms with Gasteiger partial charge in [-0.05, 0) is 18.2 Å². The molecule has 0 aliphatic carbocycles. The van der Waals surface area contributed by atoms with Crippen LogP contribution in [0.25, 0.3) is 10.9 Å². The fourth-order valence-corrected chi connectivity index (χ4v) is 1.59. The second-order valence-electron chi connectivity index (χ2n) is 3.41. The summed E-state index contributed by atoms with van der Waals surface area (Å²) >= 11 is 0. The van der Waals surface area contributed by atoms with Gasteiger partial charge in [0.1, 0.15) is 12.0 Å². The number of halogens is 1. The van der Waals surface area contributed by atoms with E-state index in [1.165, 1.54) is 12.1 Å². The van der Waals surface area contributed by atoms with Gasteiger partial charge in [0.05, 0.1) is 24.8 Å². The van der Waals surface area contributed by atoms with Crippen LogP contribution in [-0.4, -0.2) is 23.0 Å². The van der Waals surface area contributed by atoms with E-state index in [0.29, 0.717) is 13.2 Å². The molecule has 4 heteroatoms. The fourth-order valence-electron chi connectivity index (χ4n) is 1.59. The molecule has 0 bridgehead atoms. The molecule has 0 unspecified atom stereocenters. The molecular weight excluding hydrogens is 183 g/mol. The largest absolute Gasteiger partial charge is 0.377 e. The van der Waals surface area contributed by atoms with E-state index in [1.54, 1.807) is 10.7 Å². The van der Waals surface area contributed by atoms with Crippen molar-refractivity contribution < 1.29 is 9.13 Å². The second kappa shape index (κ2) is 2.78. The summed E-state index contributed by atoms with van der Waals surface area (Å²) in [5.74, 6) is -0.243. The van der Waals surface area contributed by atoms with Crippen LogP contribution in [0.1, 0.15) is 6.04 Å². The lowest BCUT2D eigenvalue weighted by Crippen LogP contribution is -2.31. The van der Waals surface area contributed by atoms with Crippen molar-refractivity contribution in [2.45, 2.75) is 6.04 Å². The van der Waals surface area contributed by atoms with Gasteiger partial charge in [-0.2, -0.15) is 5.10 Å². The molecule has 14 heavy (non-hydrogen) atoms. The van der Waals surface area contributed by atoms with Crippen molar-refractivity contribution in [2.24, 2.45) is 0 Å². The maximum Gasteiger partial charge on any atom is 0.125 e. The number of hydrogen-bond donors (Lipinski definition) is 0. The molecule has 1 aliphatic rings. The predicted octanol–water partition coefficient (Wildman–Crippen LogP) is 1.55. The normalized spacial score (nSPS) is 17.2. The lowest BCUT2D eigenvalue weighted by atomic mass is 10.2. The SMILES string of the molecule is Fc1ccc2[c]nn(C3COC3)c2c1. The van der Waals surface area contributed by atoms with Crippen LogP contribution in [0, 0.1) is 12.0 Å². The highest BCUT2D eigenvalue weighted by atomic mass is 19.1. The van der Waals surface area contributed by atoms with Crippen LogP contribution >= 0.6 is 0 Å². The third-order valence-corrected chi connectivity index (χ3v) is 2.45. The Hall–Kier alpha value is -1.42. The van der Waals surface area contributed by atoms with Gasteiger partial charge in [0.2, 0.25) is 0 Å². The van der Waals surface area contributed by atoms with Crippen molar-refractivity contribution in [3.63, 3.8) is 0 Å². The maximum absolute atomic E-state index is 13.0. The first-order valence-electron chi connectivity index (χ1n) is 4.48. The predicted molar refractivity (Wildman–Crippen MR) is 48.4 cm³/mol. The van der Waals surface area contributed by atoms with Crippen LogP contribution in [0.2, 0.25) is 0 Å². The van der Waals surface area contributed by atoms with Gasteiger partial charge < -0.3 is 4.74 Å². The highest BCUT2D eigenvalue weighted by Crippen LogP contribution is 2.22. The Balaban J connectivity index is 2.18. The zero-order chi connectivity index (χ0) is 9.54. The van der Waals surface area contributed by atoms with Crippen LogP contribution in [-0.2, 0) is 4.74 Å². The average molecular weight is 191 g/mol. The minimum Gasteiger partial charge on any atom is -0.377 e. The molecule has 1 radical (unpaired) electrons. The van der Waals surface area contributed by atoms with Crippen LogP contribution in [0.4, 0.5) is 4.39 Å². The third-order valence-electron chi connectivity index (χ3n) is 2.45. The molecule has 0 N–H and O–H groups in total. The Labute approximate surface area is 80.1 Å². The number of benzene rings is 1. The molecule has 3 nitrogen and oxygen atoms in total. The zero-order valence-electron chi connectivity index (χ0n) is 7.40. The Bertz CT molecular complexity index is 476. The Morgan fingerprint density at radius 1 is 1.50 bits per heavy atom. The lowest BCUT2D eigenvalue weighted by molar-refractivity contribution is -0.0267. The summed E-state index contributed by atoms with van der Waals surface area (Å²) in [6.45, 7) is 1.31. The van der Waals surface area contributed by atoms with E-state index in [4.69, 9.17) is 4.74 Å². The molecule has 0 saturated carbocycles. The molecule has 1 aromatic heterocycles. The number of rotatable bonds is 1. The van der Waals surface area contributed by atoms with Gasteiger partial charge in [0.15, 0.2) is 0 Å². The maximum atomic E-state index is 13.0. The summed E-state index contributed by atoms with van der Waals surface area (Å²) in [5.41, 5.74) is 0.790. The minimum absolute atomic E-state index is 0.241. The number of fused-ring (bicyclic) bond motifs is 1. The zero-order valence-corrected chi connectivity index (χ0v) is 7.40. The van der Waals surface area contributed by atoms with Crippen LogP contribution < -0.4 is 0 Å². The highest BCUT2D eigenvalue weighted by Gasteiger charge is 2.22. The number of hydrogen-bond acceptors (Lipinski definition) is 2. The van der Waals surface area contributed by atoms with Gasteiger partial charge >= 0.3 is 0 Å². The summed E-state index contributed by atoms with van der Waals surface area (Å²) in [6.07, 6.45) is 2.86. The van der Waals surface area contributed by atoms with Crippen molar-refractivity contribution in [3.8, 4) is 0 Å². The van der Waals surface area contributed by atoms with Gasteiger partial charge in [0.25, 0.3) is 0 Å². The molecule has 1 aliphatic heterocycles. The van der Waals surface area contributed by atoms with E-state index in [2.05, 4.69) is 11.3 Å². The monoisotopic (exact) mass is 191 g/mol. The fraction of sp³-hybridized carbons (Fsp3) is 0.300. The standard InChI is InChI=1S/C10H8FN2O/c11-8-2-1-7-4-12-13(10(7)3-8)9-5-14-6-9/h1-3,9H,5-6H2. The Morgan fingerprint density at radius 3 is 3.07 bits per heavy atom. The molecule has 71 valence electrons. The molecule has 0 spiro atoms. The topological polar surface area (TPSA) is 27.1 Å². The molecule has 2 aromatic rings. The summed E-state index contributed by atoms with van der Waals surface area (Å²) in [7, 11) is 0. The molecular formula is C10H8FN2O. The lowest BCUT2D eigenvalue weighted by Gasteiger charge is -2.26. The van der Waals surface area contributed by atoms with Gasteiger partial charge in [-0.1, -0.05) is 0 Å². The van der Waals surface area contributed by atoms with Gasteiger partial charge in [0, 0.05) is 5.39 Å². The van der Waals surface area contributed by atoms with E-state index >= 15 is 0 Å². The van der Waals surface area contributed by atoms with Crippen LogP contribution in [0.3, 0.4) is 0 Å². The first-order valence-corrected chi connectivity index (χ1v) is 4.48. The van der Waals surface area contributed by atoms with E-state index in [0.717, 1.165) is 10.9 Å². The van der Waals surface area contributed by atoms with Crippen molar-refractivity contribution in [1.29, 1.82) is 0 Å². The van der Waals surface area contributed by atoms with Crippen LogP contribution in [0.5, 0.6) is 0 Å². The molecule has 2 heterocycles. The third kappa shape index (κ3) is 1.04. The Morgan fingerprint density at radius 2 is 2.36 bits per heavy atom. The van der Waals surface area contributed by atoms with Gasteiger partial charge in [-0.15, -0.1) is 0 Å². The quantitative estimate of drug-likeness (QED) is 0.683. The first-order chi connectivity index (χ1) is 6.84. The van der Waals surface area contributed by atoms with Gasteiger partial charge in [-0.25, -0.2) is 4.39 Å². The number of aromatic nitrogens is 2. The van der Waals surface area contributed by atoms with Crippen molar-refractivity contribution in [3.05, 3.63) is 30.2 Å².